The smallest absolute Gasteiger partial charge is 0.318 e. The summed E-state index contributed by atoms with van der Waals surface area (Å²) in [5.41, 5.74) is 5.84. The highest BCUT2D eigenvalue weighted by molar-refractivity contribution is 7.16. The molecule has 2 aromatic carbocycles. The first-order valence-corrected chi connectivity index (χ1v) is 26.6. The van der Waals surface area contributed by atoms with Gasteiger partial charge in [0.05, 0.1) is 71.9 Å². The Hall–Kier alpha value is -6.98. The Labute approximate surface area is 437 Å². The van der Waals surface area contributed by atoms with Crippen molar-refractivity contribution in [2.75, 3.05) is 101 Å². The average molecular weight is 1020 g/mol. The molecule has 5 aliphatic rings. The van der Waals surface area contributed by atoms with E-state index in [0.717, 1.165) is 109 Å². The van der Waals surface area contributed by atoms with Crippen molar-refractivity contribution >= 4 is 57.2 Å². The van der Waals surface area contributed by atoms with Crippen LogP contribution in [-0.4, -0.2) is 159 Å². The molecule has 0 bridgehead atoms. The van der Waals surface area contributed by atoms with E-state index in [9.17, 15) is 14.9 Å². The van der Waals surface area contributed by atoms with Gasteiger partial charge in [0.15, 0.2) is 0 Å². The number of carbonyl (C=O) groups is 2. The van der Waals surface area contributed by atoms with Crippen LogP contribution >= 0.6 is 11.3 Å². The van der Waals surface area contributed by atoms with Crippen LogP contribution in [0.4, 0.5) is 23.3 Å². The normalized spacial score (nSPS) is 19.7. The van der Waals surface area contributed by atoms with Gasteiger partial charge in [0, 0.05) is 99.2 Å². The molecule has 18 nitrogen and oxygen atoms in total. The second-order valence-corrected chi connectivity index (χ2v) is 21.3. The molecule has 74 heavy (non-hydrogen) atoms. The maximum Gasteiger partial charge on any atom is 0.318 e. The third-order valence-corrected chi connectivity index (χ3v) is 16.7. The molecule has 5 aliphatic heterocycles. The summed E-state index contributed by atoms with van der Waals surface area (Å²) in [6.45, 7) is 19.9. The minimum Gasteiger partial charge on any atom is -0.462 e. The summed E-state index contributed by atoms with van der Waals surface area (Å²) in [5, 5.41) is 19.4. The second-order valence-electron chi connectivity index (χ2n) is 20.2. The highest BCUT2D eigenvalue weighted by Gasteiger charge is 2.45. The zero-order valence-corrected chi connectivity index (χ0v) is 44.0. The van der Waals surface area contributed by atoms with E-state index in [2.05, 4.69) is 117 Å². The fraction of sp³-hybridized carbons (Fsp3) is 0.455. The van der Waals surface area contributed by atoms with Crippen molar-refractivity contribution < 1.29 is 19.1 Å². The molecule has 3 fully saturated rings. The van der Waals surface area contributed by atoms with Crippen LogP contribution in [0.5, 0.6) is 6.01 Å². The quantitative estimate of drug-likeness (QED) is 0.120. The number of anilines is 4. The molecule has 3 saturated heterocycles. The third-order valence-electron chi connectivity index (χ3n) is 15.2. The molecule has 2 atom stereocenters. The molecule has 0 aliphatic carbocycles. The van der Waals surface area contributed by atoms with Crippen molar-refractivity contribution in [1.82, 2.24) is 49.3 Å². The van der Waals surface area contributed by atoms with Gasteiger partial charge in [-0.3, -0.25) is 19.2 Å². The van der Waals surface area contributed by atoms with Gasteiger partial charge in [-0.05, 0) is 88.9 Å². The van der Waals surface area contributed by atoms with Crippen LogP contribution in [-0.2, 0) is 35.1 Å². The molecule has 1 N–H and O–H groups in total. The summed E-state index contributed by atoms with van der Waals surface area (Å²) in [6, 6.07) is 21.5. The number of aryl methyl sites for hydroxylation is 2. The predicted molar refractivity (Wildman–Crippen MR) is 288 cm³/mol. The molecule has 0 saturated carbocycles. The number of piperazine rings is 1. The number of thiophene rings is 1. The Morgan fingerprint density at radius 2 is 1.81 bits per heavy atom. The average Bonchev–Trinajstić information content (AvgIpc) is 4.21. The number of likely N-dealkylation sites (tertiary alicyclic amines) is 1. The molecular formula is C55H66N14O4S. The summed E-state index contributed by atoms with van der Waals surface area (Å²) in [7, 11) is 4.00. The first kappa shape index (κ1) is 50.5. The van der Waals surface area contributed by atoms with Crippen molar-refractivity contribution in [3.8, 4) is 22.7 Å². The van der Waals surface area contributed by atoms with Crippen LogP contribution in [0.2, 0.25) is 0 Å². The van der Waals surface area contributed by atoms with E-state index in [0.29, 0.717) is 50.8 Å². The van der Waals surface area contributed by atoms with Gasteiger partial charge in [-0.1, -0.05) is 36.9 Å². The fourth-order valence-electron chi connectivity index (χ4n) is 11.1. The van der Waals surface area contributed by atoms with Gasteiger partial charge in [0.25, 0.3) is 5.91 Å². The number of nitriles is 1. The molecule has 11 rings (SSSR count). The molecule has 0 radical (unpaired) electrons. The van der Waals surface area contributed by atoms with E-state index < -0.39 is 0 Å². The largest absolute Gasteiger partial charge is 0.462 e. The van der Waals surface area contributed by atoms with Crippen LogP contribution in [0.1, 0.15) is 65.2 Å². The monoisotopic (exact) mass is 1020 g/mol. The van der Waals surface area contributed by atoms with Crippen molar-refractivity contribution in [1.29, 1.82) is 5.26 Å². The number of hydrogen-bond acceptors (Lipinski definition) is 16. The zero-order valence-electron chi connectivity index (χ0n) is 43.2. The number of benzene rings is 2. The molecular weight excluding hydrogens is 953 g/mol. The Kier molecular flexibility index (Phi) is 14.9. The number of likely N-dealkylation sites (N-methyl/N-ethyl adjacent to an activating group) is 1. The molecule has 386 valence electrons. The number of nitrogens with zero attached hydrogens (tertiary/aromatic N) is 13. The van der Waals surface area contributed by atoms with Crippen LogP contribution in [0, 0.1) is 18.3 Å². The molecule has 19 heteroatoms. The number of fused-ring (bicyclic) bond motifs is 3. The van der Waals surface area contributed by atoms with Gasteiger partial charge in [0.1, 0.15) is 18.2 Å². The lowest BCUT2D eigenvalue weighted by Gasteiger charge is -2.42. The van der Waals surface area contributed by atoms with Crippen molar-refractivity contribution in [3.63, 3.8) is 0 Å². The number of hydrogen-bond donors (Lipinski definition) is 1. The maximum atomic E-state index is 13.3. The van der Waals surface area contributed by atoms with Gasteiger partial charge in [-0.2, -0.15) is 20.3 Å². The maximum absolute atomic E-state index is 13.3. The lowest BCUT2D eigenvalue weighted by Crippen LogP contribution is -2.55. The van der Waals surface area contributed by atoms with Crippen LogP contribution in [0.3, 0.4) is 0 Å². The highest BCUT2D eigenvalue weighted by Crippen LogP contribution is 2.46. The first-order valence-electron chi connectivity index (χ1n) is 25.8. The Morgan fingerprint density at radius 1 is 0.986 bits per heavy atom. The van der Waals surface area contributed by atoms with Crippen LogP contribution in [0.15, 0.2) is 79.6 Å². The van der Waals surface area contributed by atoms with Gasteiger partial charge in [-0.15, -0.1) is 11.3 Å². The number of rotatable bonds is 13. The third kappa shape index (κ3) is 10.4. The molecule has 4 aromatic heterocycles. The SMILES string of the molecule is C=CC(=O)N1CCN(c2nc(OCC3CCCN3C)nc3c2CCN(c2cccc4cccc(C)c24)C3)CC1CC#N.Cn1nccc1Nc1nccc(-c2cc3c(s2)C(C)(C)N(CCN2CCOCC2)C3=O)n1. The molecule has 9 heterocycles. The van der Waals surface area contributed by atoms with E-state index in [4.69, 9.17) is 19.4 Å². The van der Waals surface area contributed by atoms with E-state index in [1.165, 1.54) is 34.5 Å². The summed E-state index contributed by atoms with van der Waals surface area (Å²) < 4.78 is 13.5. The number of ether oxygens (including phenoxy) is 2. The Bertz CT molecular complexity index is 3060. The number of amides is 2. The summed E-state index contributed by atoms with van der Waals surface area (Å²) >= 11 is 1.64. The topological polar surface area (TPSA) is 177 Å². The van der Waals surface area contributed by atoms with Crippen molar-refractivity contribution in [2.24, 2.45) is 7.05 Å². The molecule has 2 unspecified atom stereocenters. The summed E-state index contributed by atoms with van der Waals surface area (Å²) in [5.74, 6) is 2.14. The van der Waals surface area contributed by atoms with Gasteiger partial charge < -0.3 is 39.3 Å². The molecule has 6 aromatic rings. The van der Waals surface area contributed by atoms with Gasteiger partial charge in [-0.25, -0.2) is 9.97 Å². The number of aromatic nitrogens is 6. The van der Waals surface area contributed by atoms with Crippen molar-refractivity contribution in [2.45, 2.75) is 70.6 Å². The lowest BCUT2D eigenvalue weighted by molar-refractivity contribution is -0.128. The van der Waals surface area contributed by atoms with E-state index >= 15 is 0 Å². The summed E-state index contributed by atoms with van der Waals surface area (Å²) in [6.07, 6.45) is 8.12. The van der Waals surface area contributed by atoms with E-state index in [1.807, 2.05) is 30.1 Å². The standard InChI is InChI=1S/C33H39N7O2.C22H27N7O2S/c1-4-30(41)40-19-18-39(20-25(40)13-15-34)32-27-14-17-38(29-12-6-10-24-9-5-8-23(2)31(24)29)21-28(27)35-33(36-32)42-22-26-11-7-16-37(26)3;1-22(2)19-15(20(30)29(22)9-8-28-10-12-31-13-11-28)14-17(32-19)16-4-6-23-21(25-16)26-18-5-7-24-27(18)3/h4-6,8-10,12,25-26H,1,7,11,13-14,16-22H2,2-3H3;4-7,14H,8-13H2,1-3H3,(H,23,25,26). The molecule has 2 amide bonds. The Balaban J connectivity index is 0.000000175. The second kappa shape index (κ2) is 21.9. The summed E-state index contributed by atoms with van der Waals surface area (Å²) in [4.78, 5) is 60.0. The fourth-order valence-corrected chi connectivity index (χ4v) is 12.3. The van der Waals surface area contributed by atoms with Crippen molar-refractivity contribution in [3.05, 3.63) is 107 Å². The Morgan fingerprint density at radius 3 is 2.55 bits per heavy atom. The van der Waals surface area contributed by atoms with Gasteiger partial charge >= 0.3 is 6.01 Å². The predicted octanol–water partition coefficient (Wildman–Crippen LogP) is 6.80. The molecule has 0 spiro atoms. The highest BCUT2D eigenvalue weighted by atomic mass is 32.1. The van der Waals surface area contributed by atoms with Crippen LogP contribution in [0.25, 0.3) is 21.3 Å². The van der Waals surface area contributed by atoms with Crippen LogP contribution < -0.4 is 19.9 Å². The first-order chi connectivity index (χ1) is 35.9. The number of carbonyl (C=O) groups excluding carboxylic acids is 2. The minimum absolute atomic E-state index is 0.100. The zero-order chi connectivity index (χ0) is 51.5. The van der Waals surface area contributed by atoms with E-state index in [-0.39, 0.29) is 29.8 Å². The number of morpholine rings is 1. The van der Waals surface area contributed by atoms with E-state index in [1.54, 1.807) is 33.3 Å². The lowest BCUT2D eigenvalue weighted by atomic mass is 9.99. The van der Waals surface area contributed by atoms with Gasteiger partial charge in [0.2, 0.25) is 11.9 Å². The number of nitrogens with one attached hydrogen (secondary N) is 1. The minimum atomic E-state index is -0.343.